The molecule has 0 aromatic carbocycles. The summed E-state index contributed by atoms with van der Waals surface area (Å²) in [5.41, 5.74) is 0. The molecule has 5 unspecified atom stereocenters. The van der Waals surface area contributed by atoms with E-state index in [9.17, 15) is 8.42 Å². The summed E-state index contributed by atoms with van der Waals surface area (Å²) in [7, 11) is -2.95. The highest BCUT2D eigenvalue weighted by molar-refractivity contribution is 7.91. The van der Waals surface area contributed by atoms with Gasteiger partial charge in [-0.15, -0.1) is 0 Å². The zero-order chi connectivity index (χ0) is 14.0. The van der Waals surface area contributed by atoms with Gasteiger partial charge in [-0.2, -0.15) is 0 Å². The first kappa shape index (κ1) is 15.3. The molecule has 2 aliphatic carbocycles. The van der Waals surface area contributed by atoms with Crippen molar-refractivity contribution in [3.8, 4) is 0 Å². The second-order valence-corrected chi connectivity index (χ2v) is 9.17. The molecule has 2 rings (SSSR count). The van der Waals surface area contributed by atoms with E-state index in [0.29, 0.717) is 0 Å². The molecule has 0 spiro atoms. The predicted octanol–water partition coefficient (Wildman–Crippen LogP) is 2.61. The van der Waals surface area contributed by atoms with Crippen molar-refractivity contribution in [2.24, 2.45) is 17.8 Å². The molecule has 4 heteroatoms. The van der Waals surface area contributed by atoms with Crippen LogP contribution < -0.4 is 5.32 Å². The molecule has 5 atom stereocenters. The van der Waals surface area contributed by atoms with Gasteiger partial charge in [-0.25, -0.2) is 8.42 Å². The molecule has 0 aromatic rings. The van der Waals surface area contributed by atoms with E-state index >= 15 is 0 Å². The zero-order valence-electron chi connectivity index (χ0n) is 12.6. The van der Waals surface area contributed by atoms with Gasteiger partial charge in [0.1, 0.15) is 0 Å². The standard InChI is InChI=1S/C15H29NO2S/c1-4-7-16-15(11(2)19(3,17)18)10-14-9-12-5-6-13(14)8-12/h11-16H,4-10H2,1-3H3. The summed E-state index contributed by atoms with van der Waals surface area (Å²) < 4.78 is 23.7. The first-order valence-corrected chi connectivity index (χ1v) is 9.79. The lowest BCUT2D eigenvalue weighted by atomic mass is 9.83. The van der Waals surface area contributed by atoms with E-state index in [-0.39, 0.29) is 11.3 Å². The lowest BCUT2D eigenvalue weighted by molar-refractivity contribution is 0.275. The molecule has 0 radical (unpaired) electrons. The largest absolute Gasteiger partial charge is 0.313 e. The summed E-state index contributed by atoms with van der Waals surface area (Å²) in [4.78, 5) is 0. The molecule has 0 amide bonds. The van der Waals surface area contributed by atoms with Crippen LogP contribution in [0.25, 0.3) is 0 Å². The molecular formula is C15H29NO2S. The Morgan fingerprint density at radius 1 is 1.26 bits per heavy atom. The Bertz CT molecular complexity index is 393. The van der Waals surface area contributed by atoms with E-state index in [1.54, 1.807) is 0 Å². The van der Waals surface area contributed by atoms with Gasteiger partial charge in [0.25, 0.3) is 0 Å². The van der Waals surface area contributed by atoms with E-state index in [1.807, 2.05) is 6.92 Å². The molecule has 2 bridgehead atoms. The van der Waals surface area contributed by atoms with E-state index in [4.69, 9.17) is 0 Å². The SMILES string of the molecule is CCCNC(CC1CC2CCC1C2)C(C)S(C)(=O)=O. The molecule has 0 aliphatic heterocycles. The smallest absolute Gasteiger partial charge is 0.151 e. The van der Waals surface area contributed by atoms with Crippen molar-refractivity contribution in [2.75, 3.05) is 12.8 Å². The third kappa shape index (κ3) is 3.72. The Morgan fingerprint density at radius 3 is 2.47 bits per heavy atom. The first-order chi connectivity index (χ1) is 8.91. The van der Waals surface area contributed by atoms with Crippen LogP contribution in [-0.2, 0) is 9.84 Å². The fourth-order valence-corrected chi connectivity index (χ4v) is 4.86. The molecule has 2 fully saturated rings. The fraction of sp³-hybridized carbons (Fsp3) is 1.00. The molecule has 19 heavy (non-hydrogen) atoms. The third-order valence-electron chi connectivity index (χ3n) is 5.34. The predicted molar refractivity (Wildman–Crippen MR) is 79.9 cm³/mol. The van der Waals surface area contributed by atoms with Crippen molar-refractivity contribution in [2.45, 2.75) is 63.7 Å². The molecule has 112 valence electrons. The van der Waals surface area contributed by atoms with Gasteiger partial charge in [0.05, 0.1) is 5.25 Å². The Kier molecular flexibility index (Phi) is 4.93. The van der Waals surface area contributed by atoms with E-state index < -0.39 is 9.84 Å². The van der Waals surface area contributed by atoms with Crippen LogP contribution in [0.1, 0.15) is 52.4 Å². The van der Waals surface area contributed by atoms with Crippen molar-refractivity contribution in [3.63, 3.8) is 0 Å². The fourth-order valence-electron chi connectivity index (χ4n) is 4.06. The quantitative estimate of drug-likeness (QED) is 0.783. The van der Waals surface area contributed by atoms with Crippen molar-refractivity contribution < 1.29 is 8.42 Å². The van der Waals surface area contributed by atoms with Gasteiger partial charge in [-0.3, -0.25) is 0 Å². The first-order valence-electron chi connectivity index (χ1n) is 7.84. The summed E-state index contributed by atoms with van der Waals surface area (Å²) in [5.74, 6) is 2.58. The maximum absolute atomic E-state index is 11.8. The van der Waals surface area contributed by atoms with Crippen molar-refractivity contribution in [1.82, 2.24) is 5.32 Å². The molecule has 0 aromatic heterocycles. The Labute approximate surface area is 118 Å². The Hall–Kier alpha value is -0.0900. The van der Waals surface area contributed by atoms with Crippen LogP contribution in [0.4, 0.5) is 0 Å². The minimum absolute atomic E-state index is 0.138. The van der Waals surface area contributed by atoms with Crippen LogP contribution in [0.2, 0.25) is 0 Å². The molecule has 0 heterocycles. The van der Waals surface area contributed by atoms with Crippen molar-refractivity contribution >= 4 is 9.84 Å². The van der Waals surface area contributed by atoms with Gasteiger partial charge in [-0.1, -0.05) is 13.3 Å². The van der Waals surface area contributed by atoms with Crippen LogP contribution in [0.15, 0.2) is 0 Å². The highest BCUT2D eigenvalue weighted by Gasteiger charge is 2.41. The minimum Gasteiger partial charge on any atom is -0.313 e. The molecule has 3 nitrogen and oxygen atoms in total. The summed E-state index contributed by atoms with van der Waals surface area (Å²) >= 11 is 0. The molecule has 0 saturated heterocycles. The van der Waals surface area contributed by atoms with Crippen LogP contribution in [0.3, 0.4) is 0 Å². The van der Waals surface area contributed by atoms with Crippen LogP contribution in [0, 0.1) is 17.8 Å². The molecule has 2 aliphatic rings. The van der Waals surface area contributed by atoms with E-state index in [0.717, 1.165) is 37.1 Å². The number of fused-ring (bicyclic) bond motifs is 2. The van der Waals surface area contributed by atoms with Crippen molar-refractivity contribution in [3.05, 3.63) is 0 Å². The van der Waals surface area contributed by atoms with Gasteiger partial charge < -0.3 is 5.32 Å². The third-order valence-corrected chi connectivity index (χ3v) is 7.02. The van der Waals surface area contributed by atoms with Gasteiger partial charge in [-0.05, 0) is 63.3 Å². The summed E-state index contributed by atoms with van der Waals surface area (Å²) in [6, 6.07) is 0.138. The summed E-state index contributed by atoms with van der Waals surface area (Å²) in [5, 5.41) is 3.22. The van der Waals surface area contributed by atoms with Gasteiger partial charge in [0.15, 0.2) is 9.84 Å². The van der Waals surface area contributed by atoms with Crippen LogP contribution in [-0.4, -0.2) is 32.5 Å². The topological polar surface area (TPSA) is 46.2 Å². The summed E-state index contributed by atoms with van der Waals surface area (Å²) in [6.45, 7) is 4.92. The second-order valence-electron chi connectivity index (χ2n) is 6.77. The second kappa shape index (κ2) is 6.13. The number of hydrogen-bond donors (Lipinski definition) is 1. The Balaban J connectivity index is 1.97. The maximum atomic E-state index is 11.8. The van der Waals surface area contributed by atoms with Gasteiger partial charge >= 0.3 is 0 Å². The average molecular weight is 287 g/mol. The van der Waals surface area contributed by atoms with Crippen LogP contribution >= 0.6 is 0 Å². The van der Waals surface area contributed by atoms with Gasteiger partial charge in [0.2, 0.25) is 0 Å². The van der Waals surface area contributed by atoms with Gasteiger partial charge in [0, 0.05) is 12.3 Å². The number of nitrogens with one attached hydrogen (secondary N) is 1. The van der Waals surface area contributed by atoms with Crippen LogP contribution in [0.5, 0.6) is 0 Å². The molecular weight excluding hydrogens is 258 g/mol. The monoisotopic (exact) mass is 287 g/mol. The number of rotatable bonds is 7. The summed E-state index contributed by atoms with van der Waals surface area (Å²) in [6.07, 6.45) is 9.01. The maximum Gasteiger partial charge on any atom is 0.151 e. The highest BCUT2D eigenvalue weighted by Crippen LogP contribution is 2.50. The molecule has 1 N–H and O–H groups in total. The lowest BCUT2D eigenvalue weighted by Crippen LogP contribution is -2.44. The Morgan fingerprint density at radius 2 is 2.00 bits per heavy atom. The average Bonchev–Trinajstić information content (AvgIpc) is 2.94. The van der Waals surface area contributed by atoms with E-state index in [2.05, 4.69) is 12.2 Å². The normalized spacial score (nSPS) is 33.5. The highest BCUT2D eigenvalue weighted by atomic mass is 32.2. The number of hydrogen-bond acceptors (Lipinski definition) is 3. The lowest BCUT2D eigenvalue weighted by Gasteiger charge is -2.30. The minimum atomic E-state index is -2.95. The molecule has 2 saturated carbocycles. The number of sulfone groups is 1. The van der Waals surface area contributed by atoms with Crippen molar-refractivity contribution in [1.29, 1.82) is 0 Å². The zero-order valence-corrected chi connectivity index (χ0v) is 13.4. The van der Waals surface area contributed by atoms with E-state index in [1.165, 1.54) is 31.9 Å².